The Morgan fingerprint density at radius 3 is 2.60 bits per heavy atom. The van der Waals surface area contributed by atoms with Gasteiger partial charge >= 0.3 is 0 Å². The van der Waals surface area contributed by atoms with Crippen LogP contribution in [0, 0.1) is 5.92 Å². The Morgan fingerprint density at radius 2 is 2.05 bits per heavy atom. The smallest absolute Gasteiger partial charge is 0.159 e. The van der Waals surface area contributed by atoms with E-state index >= 15 is 0 Å². The summed E-state index contributed by atoms with van der Waals surface area (Å²) in [7, 11) is 2.11. The molecule has 0 spiro atoms. The number of nitrogens with zero attached hydrogens (tertiary/aromatic N) is 1. The van der Waals surface area contributed by atoms with Gasteiger partial charge in [0.15, 0.2) is 5.78 Å². The van der Waals surface area contributed by atoms with Gasteiger partial charge in [-0.15, -0.1) is 0 Å². The lowest BCUT2D eigenvalue weighted by Gasteiger charge is -2.22. The second kappa shape index (κ2) is 8.05. The predicted octanol–water partition coefficient (Wildman–Crippen LogP) is 3.77. The van der Waals surface area contributed by atoms with E-state index in [1.807, 2.05) is 25.1 Å². The molecule has 0 aliphatic heterocycles. The van der Waals surface area contributed by atoms with Gasteiger partial charge in [0.25, 0.3) is 0 Å². The topological polar surface area (TPSA) is 29.5 Å². The maximum atomic E-state index is 11.5. The van der Waals surface area contributed by atoms with Crippen LogP contribution in [0.25, 0.3) is 0 Å². The van der Waals surface area contributed by atoms with Gasteiger partial charge in [-0.2, -0.15) is 0 Å². The van der Waals surface area contributed by atoms with E-state index < -0.39 is 0 Å². The van der Waals surface area contributed by atoms with Crippen molar-refractivity contribution in [3.63, 3.8) is 0 Å². The van der Waals surface area contributed by atoms with E-state index in [2.05, 4.69) is 25.8 Å². The van der Waals surface area contributed by atoms with Crippen LogP contribution in [0.5, 0.6) is 5.75 Å². The highest BCUT2D eigenvalue weighted by molar-refractivity contribution is 5.94. The Balaban J connectivity index is 2.88. The van der Waals surface area contributed by atoms with E-state index in [-0.39, 0.29) is 5.78 Å². The summed E-state index contributed by atoms with van der Waals surface area (Å²) in [6.07, 6.45) is 1.18. The minimum absolute atomic E-state index is 0.0962. The first-order valence-electron chi connectivity index (χ1n) is 7.43. The van der Waals surface area contributed by atoms with Gasteiger partial charge in [0.2, 0.25) is 0 Å². The second-order valence-corrected chi connectivity index (χ2v) is 5.52. The third-order valence-corrected chi connectivity index (χ3v) is 3.53. The summed E-state index contributed by atoms with van der Waals surface area (Å²) in [6, 6.07) is 5.71. The van der Waals surface area contributed by atoms with E-state index in [0.29, 0.717) is 12.5 Å². The first-order chi connectivity index (χ1) is 9.47. The minimum Gasteiger partial charge on any atom is -0.494 e. The van der Waals surface area contributed by atoms with Crippen LogP contribution in [-0.4, -0.2) is 30.9 Å². The average molecular weight is 277 g/mol. The highest BCUT2D eigenvalue weighted by atomic mass is 16.5. The lowest BCUT2D eigenvalue weighted by Crippen LogP contribution is -2.24. The van der Waals surface area contributed by atoms with Crippen molar-refractivity contribution in [1.82, 2.24) is 4.90 Å². The molecule has 0 N–H and O–H groups in total. The summed E-state index contributed by atoms with van der Waals surface area (Å²) < 4.78 is 5.67. The lowest BCUT2D eigenvalue weighted by atomic mass is 10.1. The van der Waals surface area contributed by atoms with Crippen molar-refractivity contribution in [2.45, 2.75) is 40.7 Å². The number of ether oxygens (including phenoxy) is 1. The zero-order valence-electron chi connectivity index (χ0n) is 13.4. The molecule has 3 heteroatoms. The molecule has 1 aromatic rings. The first-order valence-corrected chi connectivity index (χ1v) is 7.43. The fourth-order valence-electron chi connectivity index (χ4n) is 2.23. The van der Waals surface area contributed by atoms with E-state index in [1.165, 1.54) is 6.42 Å². The molecule has 0 aliphatic carbocycles. The number of ketones is 1. The molecule has 0 amide bonds. The zero-order chi connectivity index (χ0) is 15.1. The summed E-state index contributed by atoms with van der Waals surface area (Å²) in [5, 5.41) is 0. The predicted molar refractivity (Wildman–Crippen MR) is 83.4 cm³/mol. The van der Waals surface area contributed by atoms with Crippen LogP contribution in [0.2, 0.25) is 0 Å². The summed E-state index contributed by atoms with van der Waals surface area (Å²) in [5.74, 6) is 1.65. The molecule has 1 aromatic carbocycles. The Bertz CT molecular complexity index is 443. The molecule has 0 bridgehead atoms. The molecule has 0 saturated carbocycles. The first kappa shape index (κ1) is 16.7. The van der Waals surface area contributed by atoms with Crippen LogP contribution in [0.15, 0.2) is 18.2 Å². The Kier molecular flexibility index (Phi) is 6.73. The Morgan fingerprint density at radius 1 is 1.35 bits per heavy atom. The van der Waals surface area contributed by atoms with Gasteiger partial charge in [-0.05, 0) is 45.0 Å². The molecular formula is C17H27NO2. The van der Waals surface area contributed by atoms with Gasteiger partial charge in [0.1, 0.15) is 5.75 Å². The third kappa shape index (κ3) is 4.97. The molecular weight excluding hydrogens is 250 g/mol. The highest BCUT2D eigenvalue weighted by Crippen LogP contribution is 2.22. The normalized spacial score (nSPS) is 12.5. The van der Waals surface area contributed by atoms with E-state index in [9.17, 15) is 4.79 Å². The van der Waals surface area contributed by atoms with Gasteiger partial charge in [0.05, 0.1) is 6.61 Å². The van der Waals surface area contributed by atoms with Gasteiger partial charge in [0, 0.05) is 24.2 Å². The Hall–Kier alpha value is -1.35. The molecule has 1 rings (SSSR count). The number of rotatable bonds is 8. The molecule has 0 aromatic heterocycles. The van der Waals surface area contributed by atoms with E-state index in [1.54, 1.807) is 6.92 Å². The van der Waals surface area contributed by atoms with E-state index in [4.69, 9.17) is 4.74 Å². The molecule has 0 aliphatic rings. The van der Waals surface area contributed by atoms with Gasteiger partial charge < -0.3 is 9.64 Å². The number of benzene rings is 1. The van der Waals surface area contributed by atoms with Crippen LogP contribution in [0.4, 0.5) is 0 Å². The molecule has 1 unspecified atom stereocenters. The van der Waals surface area contributed by atoms with Crippen molar-refractivity contribution < 1.29 is 9.53 Å². The summed E-state index contributed by atoms with van der Waals surface area (Å²) in [5.41, 5.74) is 1.84. The number of carbonyl (C=O) groups is 1. The van der Waals surface area contributed by atoms with Crippen molar-refractivity contribution >= 4 is 5.78 Å². The van der Waals surface area contributed by atoms with Crippen LogP contribution in [-0.2, 0) is 6.54 Å². The highest BCUT2D eigenvalue weighted by Gasteiger charge is 2.11. The zero-order valence-corrected chi connectivity index (χ0v) is 13.4. The van der Waals surface area contributed by atoms with Crippen LogP contribution < -0.4 is 4.74 Å². The van der Waals surface area contributed by atoms with Crippen LogP contribution in [0.3, 0.4) is 0 Å². The summed E-state index contributed by atoms with van der Waals surface area (Å²) in [6.45, 7) is 10.5. The standard InChI is InChI=1S/C17H27NO2/c1-6-13(3)11-18(5)12-16-10-15(14(4)19)8-9-17(16)20-7-2/h8-10,13H,6-7,11-12H2,1-5H3. The fourth-order valence-corrected chi connectivity index (χ4v) is 2.23. The molecule has 20 heavy (non-hydrogen) atoms. The number of Topliss-reactive ketones (excluding diaryl/α,β-unsaturated/α-hetero) is 1. The minimum atomic E-state index is 0.0962. The number of hydrogen-bond donors (Lipinski definition) is 0. The van der Waals surface area contributed by atoms with Crippen molar-refractivity contribution in [1.29, 1.82) is 0 Å². The quantitative estimate of drug-likeness (QED) is 0.677. The maximum Gasteiger partial charge on any atom is 0.159 e. The van der Waals surface area contributed by atoms with Gasteiger partial charge in [-0.1, -0.05) is 20.3 Å². The second-order valence-electron chi connectivity index (χ2n) is 5.52. The fraction of sp³-hybridized carbons (Fsp3) is 0.588. The molecule has 112 valence electrons. The molecule has 0 heterocycles. The largest absolute Gasteiger partial charge is 0.494 e. The third-order valence-electron chi connectivity index (χ3n) is 3.53. The van der Waals surface area contributed by atoms with Crippen LogP contribution in [0.1, 0.15) is 50.0 Å². The Labute approximate surface area is 122 Å². The van der Waals surface area contributed by atoms with E-state index in [0.717, 1.165) is 30.0 Å². The maximum absolute atomic E-state index is 11.5. The van der Waals surface area contributed by atoms with Crippen molar-refractivity contribution in [2.24, 2.45) is 5.92 Å². The summed E-state index contributed by atoms with van der Waals surface area (Å²) >= 11 is 0. The summed E-state index contributed by atoms with van der Waals surface area (Å²) in [4.78, 5) is 13.8. The van der Waals surface area contributed by atoms with Gasteiger partial charge in [-0.25, -0.2) is 0 Å². The van der Waals surface area contributed by atoms with Gasteiger partial charge in [-0.3, -0.25) is 4.79 Å². The van der Waals surface area contributed by atoms with Crippen molar-refractivity contribution in [3.05, 3.63) is 29.3 Å². The van der Waals surface area contributed by atoms with Crippen molar-refractivity contribution in [2.75, 3.05) is 20.2 Å². The average Bonchev–Trinajstić information content (AvgIpc) is 2.40. The lowest BCUT2D eigenvalue weighted by molar-refractivity contribution is 0.101. The molecule has 1 atom stereocenters. The molecule has 3 nitrogen and oxygen atoms in total. The monoisotopic (exact) mass is 277 g/mol. The molecule has 0 saturated heterocycles. The SMILES string of the molecule is CCOc1ccc(C(C)=O)cc1CN(C)CC(C)CC. The molecule has 0 fully saturated rings. The van der Waals surface area contributed by atoms with Crippen LogP contribution >= 0.6 is 0 Å². The van der Waals surface area contributed by atoms with Crippen molar-refractivity contribution in [3.8, 4) is 5.75 Å². The molecule has 0 radical (unpaired) electrons. The number of hydrogen-bond acceptors (Lipinski definition) is 3. The number of carbonyl (C=O) groups excluding carboxylic acids is 1.